The van der Waals surface area contributed by atoms with Gasteiger partial charge in [-0.25, -0.2) is 14.8 Å². The topological polar surface area (TPSA) is 124 Å². The van der Waals surface area contributed by atoms with Crippen molar-refractivity contribution in [3.63, 3.8) is 0 Å². The van der Waals surface area contributed by atoms with Gasteiger partial charge in [-0.1, -0.05) is 17.7 Å². The van der Waals surface area contributed by atoms with Gasteiger partial charge in [-0.15, -0.1) is 0 Å². The number of nitrogens with zero attached hydrogens (tertiary/aromatic N) is 6. The van der Waals surface area contributed by atoms with Gasteiger partial charge in [0.1, 0.15) is 24.5 Å². The average molecular weight is 558 g/mol. The molecule has 2 amide bonds. The molecule has 0 aliphatic carbocycles. The second-order valence-corrected chi connectivity index (χ2v) is 9.39. The molecule has 0 radical (unpaired) electrons. The van der Waals surface area contributed by atoms with Gasteiger partial charge in [0, 0.05) is 63.9 Å². The monoisotopic (exact) mass is 557 g/mol. The zero-order valence-corrected chi connectivity index (χ0v) is 22.9. The lowest BCUT2D eigenvalue weighted by atomic mass is 10.1. The molecule has 1 saturated heterocycles. The van der Waals surface area contributed by atoms with Crippen LogP contribution in [0, 0.1) is 6.92 Å². The molecule has 4 rings (SSSR count). The first kappa shape index (κ1) is 28.1. The van der Waals surface area contributed by atoms with Crippen molar-refractivity contribution in [2.24, 2.45) is 0 Å². The first-order valence-electron chi connectivity index (χ1n) is 12.5. The van der Waals surface area contributed by atoms with Crippen molar-refractivity contribution in [1.29, 1.82) is 0 Å². The second kappa shape index (κ2) is 13.3. The third-order valence-electron chi connectivity index (χ3n) is 6.24. The summed E-state index contributed by atoms with van der Waals surface area (Å²) in [6.07, 6.45) is 4.74. The van der Waals surface area contributed by atoms with Crippen molar-refractivity contribution in [3.05, 3.63) is 59.3 Å². The molecule has 1 unspecified atom stereocenters. The molecule has 208 valence electrons. The zero-order valence-electron chi connectivity index (χ0n) is 22.2. The van der Waals surface area contributed by atoms with E-state index >= 15 is 0 Å². The van der Waals surface area contributed by atoms with E-state index in [1.54, 1.807) is 54.5 Å². The third kappa shape index (κ3) is 7.36. The van der Waals surface area contributed by atoms with Gasteiger partial charge in [0.25, 0.3) is 0 Å². The van der Waals surface area contributed by atoms with Gasteiger partial charge in [-0.05, 0) is 24.6 Å². The van der Waals surface area contributed by atoms with Crippen molar-refractivity contribution in [1.82, 2.24) is 29.7 Å². The number of halogens is 1. The summed E-state index contributed by atoms with van der Waals surface area (Å²) in [5.41, 5.74) is 1.61. The van der Waals surface area contributed by atoms with Gasteiger partial charge >= 0.3 is 6.09 Å². The van der Waals surface area contributed by atoms with Crippen LogP contribution < -0.4 is 15.0 Å². The molecule has 3 heterocycles. The molecular weight excluding hydrogens is 526 g/mol. The normalized spacial score (nSPS) is 15.2. The summed E-state index contributed by atoms with van der Waals surface area (Å²) in [4.78, 5) is 42.7. The highest BCUT2D eigenvalue weighted by molar-refractivity contribution is 6.32. The summed E-state index contributed by atoms with van der Waals surface area (Å²) in [6, 6.07) is 6.88. The number of hydrogen-bond donors (Lipinski definition) is 1. The summed E-state index contributed by atoms with van der Waals surface area (Å²) in [7, 11) is 3.09. The van der Waals surface area contributed by atoms with E-state index in [2.05, 4.69) is 15.3 Å². The van der Waals surface area contributed by atoms with Crippen LogP contribution in [-0.4, -0.2) is 89.5 Å². The predicted molar refractivity (Wildman–Crippen MR) is 144 cm³/mol. The maximum atomic E-state index is 13.1. The van der Waals surface area contributed by atoms with E-state index in [0.717, 1.165) is 11.3 Å². The molecule has 0 spiro atoms. The molecule has 0 saturated carbocycles. The van der Waals surface area contributed by atoms with Crippen LogP contribution >= 0.6 is 11.6 Å². The molecule has 39 heavy (non-hydrogen) atoms. The molecule has 1 atom stereocenters. The number of amides is 2. The lowest BCUT2D eigenvalue weighted by molar-refractivity contribution is -0.121. The maximum Gasteiger partial charge on any atom is 0.409 e. The average Bonchev–Trinajstić information content (AvgIpc) is 3.47. The second-order valence-electron chi connectivity index (χ2n) is 8.99. The van der Waals surface area contributed by atoms with E-state index < -0.39 is 6.09 Å². The number of ether oxygens (including phenoxy) is 3. The highest BCUT2D eigenvalue weighted by Crippen LogP contribution is 2.25. The summed E-state index contributed by atoms with van der Waals surface area (Å²) in [6.45, 7) is 3.82. The van der Waals surface area contributed by atoms with Crippen LogP contribution in [0.3, 0.4) is 0 Å². The Hall–Kier alpha value is -3.90. The van der Waals surface area contributed by atoms with Crippen LogP contribution in [0.15, 0.2) is 43.0 Å². The largest absolute Gasteiger partial charge is 0.495 e. The minimum atomic E-state index is -0.442. The standard InChI is InChI=1S/C26H32ClN7O5/c1-18-12-23(31-25(30-18)33-7-6-28-17-33)34-9-8-32(26(36)39-11-10-37-2)16-20(34)14-24(35)29-15-19-4-5-22(38-3)21(27)13-19/h4-7,12-13,17,20H,8-11,14-16H2,1-3H3,(H,29,35). The zero-order chi connectivity index (χ0) is 27.8. The third-order valence-corrected chi connectivity index (χ3v) is 6.53. The van der Waals surface area contributed by atoms with Crippen molar-refractivity contribution >= 4 is 29.4 Å². The highest BCUT2D eigenvalue weighted by Gasteiger charge is 2.33. The molecule has 2 aromatic heterocycles. The Kier molecular flexibility index (Phi) is 9.55. The summed E-state index contributed by atoms with van der Waals surface area (Å²) in [5, 5.41) is 3.42. The van der Waals surface area contributed by atoms with Gasteiger partial charge in [-0.2, -0.15) is 4.98 Å². The Morgan fingerprint density at radius 1 is 1.15 bits per heavy atom. The van der Waals surface area contributed by atoms with Crippen molar-refractivity contribution in [2.45, 2.75) is 25.9 Å². The predicted octanol–water partition coefficient (Wildman–Crippen LogP) is 2.61. The van der Waals surface area contributed by atoms with E-state index in [-0.39, 0.29) is 31.5 Å². The molecule has 12 nitrogen and oxygen atoms in total. The summed E-state index contributed by atoms with van der Waals surface area (Å²) >= 11 is 6.22. The fourth-order valence-corrected chi connectivity index (χ4v) is 4.56. The molecule has 1 fully saturated rings. The van der Waals surface area contributed by atoms with E-state index in [4.69, 9.17) is 30.8 Å². The van der Waals surface area contributed by atoms with Crippen molar-refractivity contribution in [2.75, 3.05) is 52.0 Å². The van der Waals surface area contributed by atoms with Crippen LogP contribution in [0.25, 0.3) is 5.95 Å². The van der Waals surface area contributed by atoms with E-state index in [1.165, 1.54) is 0 Å². The summed E-state index contributed by atoms with van der Waals surface area (Å²) in [5.74, 6) is 1.53. The first-order chi connectivity index (χ1) is 18.9. The number of carbonyl (C=O) groups excluding carboxylic acids is 2. The van der Waals surface area contributed by atoms with Gasteiger partial charge in [0.05, 0.1) is 24.8 Å². The van der Waals surface area contributed by atoms with Gasteiger partial charge < -0.3 is 29.3 Å². The van der Waals surface area contributed by atoms with E-state index in [9.17, 15) is 9.59 Å². The molecule has 1 aliphatic heterocycles. The van der Waals surface area contributed by atoms with Crippen molar-refractivity contribution in [3.8, 4) is 11.7 Å². The lowest BCUT2D eigenvalue weighted by Gasteiger charge is -2.41. The fraction of sp³-hybridized carbons (Fsp3) is 0.423. The number of nitrogens with one attached hydrogen (secondary N) is 1. The molecule has 1 N–H and O–H groups in total. The molecule has 3 aromatic rings. The maximum absolute atomic E-state index is 13.1. The van der Waals surface area contributed by atoms with E-state index in [0.29, 0.717) is 48.8 Å². The minimum Gasteiger partial charge on any atom is -0.495 e. The number of aromatic nitrogens is 4. The summed E-state index contributed by atoms with van der Waals surface area (Å²) < 4.78 is 17.2. The van der Waals surface area contributed by atoms with Crippen molar-refractivity contribution < 1.29 is 23.8 Å². The Labute approximate surface area is 231 Å². The Bertz CT molecular complexity index is 1270. The molecule has 0 bridgehead atoms. The van der Waals surface area contributed by atoms with Crippen LogP contribution in [0.4, 0.5) is 10.6 Å². The van der Waals surface area contributed by atoms with Gasteiger partial charge in [0.15, 0.2) is 0 Å². The fourth-order valence-electron chi connectivity index (χ4n) is 4.28. The van der Waals surface area contributed by atoms with E-state index in [1.807, 2.05) is 24.0 Å². The van der Waals surface area contributed by atoms with Crippen LogP contribution in [-0.2, 0) is 20.8 Å². The number of piperazine rings is 1. The first-order valence-corrected chi connectivity index (χ1v) is 12.9. The number of benzene rings is 1. The Morgan fingerprint density at radius 3 is 2.72 bits per heavy atom. The minimum absolute atomic E-state index is 0.134. The lowest BCUT2D eigenvalue weighted by Crippen LogP contribution is -2.56. The Balaban J connectivity index is 1.50. The van der Waals surface area contributed by atoms with Gasteiger partial charge in [-0.3, -0.25) is 9.36 Å². The number of aryl methyl sites for hydroxylation is 1. The van der Waals surface area contributed by atoms with Crippen LogP contribution in [0.2, 0.25) is 5.02 Å². The van der Waals surface area contributed by atoms with Crippen LogP contribution in [0.1, 0.15) is 17.7 Å². The van der Waals surface area contributed by atoms with Crippen LogP contribution in [0.5, 0.6) is 5.75 Å². The van der Waals surface area contributed by atoms with Gasteiger partial charge in [0.2, 0.25) is 11.9 Å². The number of carbonyl (C=O) groups is 2. The molecular formula is C26H32ClN7O5. The number of hydrogen-bond acceptors (Lipinski definition) is 9. The SMILES string of the molecule is COCCOC(=O)N1CCN(c2cc(C)nc(-n3ccnc3)n2)C(CC(=O)NCc2ccc(OC)c(Cl)c2)C1. The quantitative estimate of drug-likeness (QED) is 0.374. The molecule has 13 heteroatoms. The number of methoxy groups -OCH3 is 2. The highest BCUT2D eigenvalue weighted by atomic mass is 35.5. The molecule has 1 aliphatic rings. The smallest absolute Gasteiger partial charge is 0.409 e. The molecule has 1 aromatic carbocycles. The number of rotatable bonds is 10. The number of anilines is 1. The Morgan fingerprint density at radius 2 is 2.00 bits per heavy atom. The number of imidazole rings is 1.